The minimum Gasteiger partial charge on any atom is -0.489 e. The predicted molar refractivity (Wildman–Crippen MR) is 79.2 cm³/mol. The lowest BCUT2D eigenvalue weighted by Crippen LogP contribution is -2.34. The number of nitrogens with zero attached hydrogens (tertiary/aromatic N) is 1. The Balaban J connectivity index is 1.81. The molecule has 6 heteroatoms. The number of ether oxygens (including phenoxy) is 1. The molecule has 2 rings (SSSR count). The first-order valence-electron chi connectivity index (χ1n) is 7.06. The van der Waals surface area contributed by atoms with Crippen LogP contribution in [0.2, 0.25) is 0 Å². The van der Waals surface area contributed by atoms with Gasteiger partial charge in [-0.25, -0.2) is 4.39 Å². The summed E-state index contributed by atoms with van der Waals surface area (Å²) in [5.74, 6) is 0.598. The molecule has 0 fully saturated rings. The fourth-order valence-electron chi connectivity index (χ4n) is 2.05. The average molecular weight is 306 g/mol. The van der Waals surface area contributed by atoms with Crippen molar-refractivity contribution in [2.75, 3.05) is 6.54 Å². The van der Waals surface area contributed by atoms with Crippen molar-refractivity contribution < 1.29 is 18.4 Å². The monoisotopic (exact) mass is 306 g/mol. The zero-order valence-electron chi connectivity index (χ0n) is 12.9. The lowest BCUT2D eigenvalue weighted by Gasteiger charge is -2.15. The molecule has 1 heterocycles. The van der Waals surface area contributed by atoms with Crippen LogP contribution in [-0.2, 0) is 11.2 Å². The van der Waals surface area contributed by atoms with E-state index in [4.69, 9.17) is 9.26 Å². The minimum absolute atomic E-state index is 0.135. The first-order chi connectivity index (χ1) is 10.5. The van der Waals surface area contributed by atoms with E-state index in [2.05, 4.69) is 10.5 Å². The molecule has 118 valence electrons. The third-order valence-electron chi connectivity index (χ3n) is 3.24. The number of aryl methyl sites for hydroxylation is 2. The van der Waals surface area contributed by atoms with Gasteiger partial charge in [0.1, 0.15) is 23.4 Å². The standard InChI is InChI=1S/C16H19FN2O3/c1-10(21-14-6-4-5-13(17)7-14)9-18-16(20)8-15-11(2)19-22-12(15)3/h4-7,10H,8-9H2,1-3H3,(H,18,20). The number of benzene rings is 1. The SMILES string of the molecule is Cc1noc(C)c1CC(=O)NCC(C)Oc1cccc(F)c1. The van der Waals surface area contributed by atoms with Crippen LogP contribution in [0, 0.1) is 19.7 Å². The largest absolute Gasteiger partial charge is 0.489 e. The maximum Gasteiger partial charge on any atom is 0.224 e. The van der Waals surface area contributed by atoms with Crippen LogP contribution in [-0.4, -0.2) is 23.7 Å². The van der Waals surface area contributed by atoms with Gasteiger partial charge in [0.05, 0.1) is 18.7 Å². The maximum atomic E-state index is 13.1. The van der Waals surface area contributed by atoms with Gasteiger partial charge in [-0.2, -0.15) is 0 Å². The first-order valence-corrected chi connectivity index (χ1v) is 7.06. The van der Waals surface area contributed by atoms with Crippen molar-refractivity contribution in [2.45, 2.75) is 33.3 Å². The van der Waals surface area contributed by atoms with E-state index in [1.54, 1.807) is 32.9 Å². The zero-order valence-corrected chi connectivity index (χ0v) is 12.9. The van der Waals surface area contributed by atoms with E-state index < -0.39 is 0 Å². The molecule has 0 saturated heterocycles. The fraction of sp³-hybridized carbons (Fsp3) is 0.375. The Labute approximate surface area is 128 Å². The quantitative estimate of drug-likeness (QED) is 0.891. The Kier molecular flexibility index (Phi) is 5.14. The van der Waals surface area contributed by atoms with E-state index in [0.29, 0.717) is 18.1 Å². The number of halogens is 1. The molecule has 1 aromatic carbocycles. The summed E-state index contributed by atoms with van der Waals surface area (Å²) in [7, 11) is 0. The van der Waals surface area contributed by atoms with Crippen LogP contribution in [0.1, 0.15) is 23.9 Å². The number of carbonyl (C=O) groups excluding carboxylic acids is 1. The van der Waals surface area contributed by atoms with Crippen molar-refractivity contribution in [1.29, 1.82) is 0 Å². The zero-order chi connectivity index (χ0) is 16.1. The molecule has 1 unspecified atom stereocenters. The molecule has 1 aromatic heterocycles. The molecule has 0 aliphatic carbocycles. The highest BCUT2D eigenvalue weighted by Gasteiger charge is 2.14. The lowest BCUT2D eigenvalue weighted by molar-refractivity contribution is -0.120. The van der Waals surface area contributed by atoms with Crippen molar-refractivity contribution in [3.63, 3.8) is 0 Å². The number of hydrogen-bond donors (Lipinski definition) is 1. The van der Waals surface area contributed by atoms with Gasteiger partial charge in [0.2, 0.25) is 5.91 Å². The van der Waals surface area contributed by atoms with Crippen molar-refractivity contribution >= 4 is 5.91 Å². The highest BCUT2D eigenvalue weighted by atomic mass is 19.1. The Morgan fingerprint density at radius 2 is 2.23 bits per heavy atom. The highest BCUT2D eigenvalue weighted by molar-refractivity contribution is 5.79. The third-order valence-corrected chi connectivity index (χ3v) is 3.24. The second kappa shape index (κ2) is 7.06. The summed E-state index contributed by atoms with van der Waals surface area (Å²) in [6, 6.07) is 5.91. The predicted octanol–water partition coefficient (Wildman–Crippen LogP) is 2.56. The molecule has 2 aromatic rings. The van der Waals surface area contributed by atoms with Gasteiger partial charge in [-0.1, -0.05) is 11.2 Å². The van der Waals surface area contributed by atoms with Crippen LogP contribution in [0.15, 0.2) is 28.8 Å². The van der Waals surface area contributed by atoms with Crippen LogP contribution in [0.3, 0.4) is 0 Å². The average Bonchev–Trinajstić information content (AvgIpc) is 2.77. The lowest BCUT2D eigenvalue weighted by atomic mass is 10.1. The van der Waals surface area contributed by atoms with Gasteiger partial charge >= 0.3 is 0 Å². The number of amides is 1. The van der Waals surface area contributed by atoms with Crippen LogP contribution in [0.25, 0.3) is 0 Å². The molecule has 0 saturated carbocycles. The van der Waals surface area contributed by atoms with Gasteiger partial charge < -0.3 is 14.6 Å². The van der Waals surface area contributed by atoms with Gasteiger partial charge in [0.25, 0.3) is 0 Å². The Morgan fingerprint density at radius 3 is 2.86 bits per heavy atom. The van der Waals surface area contributed by atoms with Gasteiger partial charge in [-0.15, -0.1) is 0 Å². The summed E-state index contributed by atoms with van der Waals surface area (Å²) in [4.78, 5) is 11.9. The molecule has 1 atom stereocenters. The minimum atomic E-state index is -0.354. The summed E-state index contributed by atoms with van der Waals surface area (Å²) in [6.45, 7) is 5.72. The van der Waals surface area contributed by atoms with Crippen molar-refractivity contribution in [1.82, 2.24) is 10.5 Å². The topological polar surface area (TPSA) is 64.4 Å². The van der Waals surface area contributed by atoms with Crippen molar-refractivity contribution in [3.05, 3.63) is 47.1 Å². The number of hydrogen-bond acceptors (Lipinski definition) is 4. The molecule has 22 heavy (non-hydrogen) atoms. The summed E-state index contributed by atoms with van der Waals surface area (Å²) < 4.78 is 23.6. The van der Waals surface area contributed by atoms with Crippen molar-refractivity contribution in [2.24, 2.45) is 0 Å². The van der Waals surface area contributed by atoms with Crippen LogP contribution < -0.4 is 10.1 Å². The molecule has 1 amide bonds. The van der Waals surface area contributed by atoms with E-state index in [9.17, 15) is 9.18 Å². The van der Waals surface area contributed by atoms with Gasteiger partial charge in [-0.3, -0.25) is 4.79 Å². The number of carbonyl (C=O) groups is 1. The third kappa shape index (κ3) is 4.31. The Hall–Kier alpha value is -2.37. The molecule has 0 spiro atoms. The smallest absolute Gasteiger partial charge is 0.224 e. The summed E-state index contributed by atoms with van der Waals surface area (Å²) in [5.41, 5.74) is 1.52. The highest BCUT2D eigenvalue weighted by Crippen LogP contribution is 2.14. The van der Waals surface area contributed by atoms with Gasteiger partial charge in [0, 0.05) is 11.6 Å². The molecule has 0 bridgehead atoms. The summed E-state index contributed by atoms with van der Waals surface area (Å²) in [5, 5.41) is 6.60. The van der Waals surface area contributed by atoms with E-state index >= 15 is 0 Å². The van der Waals surface area contributed by atoms with Crippen molar-refractivity contribution in [3.8, 4) is 5.75 Å². The van der Waals surface area contributed by atoms with E-state index in [-0.39, 0.29) is 24.2 Å². The summed E-state index contributed by atoms with van der Waals surface area (Å²) >= 11 is 0. The molecule has 0 aliphatic rings. The van der Waals surface area contributed by atoms with E-state index in [1.807, 2.05) is 0 Å². The van der Waals surface area contributed by atoms with Crippen LogP contribution in [0.5, 0.6) is 5.75 Å². The maximum absolute atomic E-state index is 13.1. The van der Waals surface area contributed by atoms with Gasteiger partial charge in [0.15, 0.2) is 0 Å². The Bertz CT molecular complexity index is 635. The Morgan fingerprint density at radius 1 is 1.45 bits per heavy atom. The molecular weight excluding hydrogens is 287 g/mol. The van der Waals surface area contributed by atoms with E-state index in [0.717, 1.165) is 11.3 Å². The number of aromatic nitrogens is 1. The van der Waals surface area contributed by atoms with E-state index in [1.165, 1.54) is 12.1 Å². The molecule has 5 nitrogen and oxygen atoms in total. The first kappa shape index (κ1) is 16.0. The second-order valence-corrected chi connectivity index (χ2v) is 5.17. The molecule has 1 N–H and O–H groups in total. The van der Waals surface area contributed by atoms with Gasteiger partial charge in [-0.05, 0) is 32.9 Å². The number of nitrogens with one attached hydrogen (secondary N) is 1. The summed E-state index contributed by atoms with van der Waals surface area (Å²) in [6.07, 6.45) is -0.0520. The van der Waals surface area contributed by atoms with Crippen LogP contribution >= 0.6 is 0 Å². The second-order valence-electron chi connectivity index (χ2n) is 5.17. The molecule has 0 aliphatic heterocycles. The molecular formula is C16H19FN2O3. The molecule has 0 radical (unpaired) electrons. The van der Waals surface area contributed by atoms with Crippen LogP contribution in [0.4, 0.5) is 4.39 Å². The normalized spacial score (nSPS) is 12.0. The number of rotatable bonds is 6. The fourth-order valence-corrected chi connectivity index (χ4v) is 2.05.